The molecule has 5 unspecified atom stereocenters. The lowest BCUT2D eigenvalue weighted by Gasteiger charge is -2.57. The van der Waals surface area contributed by atoms with Crippen LogP contribution >= 0.6 is 0 Å². The Bertz CT molecular complexity index is 2460. The number of anilines is 3. The molecule has 12 rings (SSSR count). The maximum atomic E-state index is 2.66. The van der Waals surface area contributed by atoms with Gasteiger partial charge in [-0.05, 0) is 159 Å². The molecule has 0 heterocycles. The fourth-order valence-electron chi connectivity index (χ4n) is 13.3. The first-order valence-electron chi connectivity index (χ1n) is 20.8. The maximum Gasteiger partial charge on any atom is 0.0465 e. The Morgan fingerprint density at radius 1 is 0.426 bits per heavy atom. The van der Waals surface area contributed by atoms with E-state index in [4.69, 9.17) is 0 Å². The first kappa shape index (κ1) is 31.5. The second-order valence-electron chi connectivity index (χ2n) is 19.0. The van der Waals surface area contributed by atoms with Crippen LogP contribution in [0, 0.1) is 23.7 Å². The molecule has 0 radical (unpaired) electrons. The van der Waals surface area contributed by atoms with Crippen LogP contribution in [0.15, 0.2) is 127 Å². The number of fused-ring (bicyclic) bond motifs is 14. The van der Waals surface area contributed by atoms with Crippen LogP contribution in [0.5, 0.6) is 0 Å². The second kappa shape index (κ2) is 10.7. The first-order chi connectivity index (χ1) is 26.2. The van der Waals surface area contributed by atoms with E-state index in [-0.39, 0.29) is 16.2 Å². The molecule has 0 amide bonds. The number of rotatable bonds is 3. The highest BCUT2D eigenvalue weighted by atomic mass is 15.1. The van der Waals surface area contributed by atoms with Crippen LogP contribution in [0.3, 0.4) is 0 Å². The average Bonchev–Trinajstić information content (AvgIpc) is 3.70. The number of nitrogens with zero attached hydrogens (tertiary/aromatic N) is 1. The summed E-state index contributed by atoms with van der Waals surface area (Å²) in [7, 11) is 0. The average molecular weight is 700 g/mol. The van der Waals surface area contributed by atoms with Gasteiger partial charge in [0.15, 0.2) is 0 Å². The Balaban J connectivity index is 1.07. The fourth-order valence-corrected chi connectivity index (χ4v) is 13.3. The molecule has 0 aliphatic heterocycles. The van der Waals surface area contributed by atoms with Gasteiger partial charge in [-0.1, -0.05) is 125 Å². The smallest absolute Gasteiger partial charge is 0.0465 e. The van der Waals surface area contributed by atoms with Crippen molar-refractivity contribution < 1.29 is 0 Å². The van der Waals surface area contributed by atoms with Crippen LogP contribution in [-0.4, -0.2) is 0 Å². The summed E-state index contributed by atoms with van der Waals surface area (Å²) < 4.78 is 0. The highest BCUT2D eigenvalue weighted by Gasteiger charge is 2.57. The van der Waals surface area contributed by atoms with Gasteiger partial charge >= 0.3 is 0 Å². The summed E-state index contributed by atoms with van der Waals surface area (Å²) in [6.07, 6.45) is 8.48. The van der Waals surface area contributed by atoms with Gasteiger partial charge in [0.05, 0.1) is 0 Å². The fraction of sp³-hybridized carbons (Fsp3) is 0.321. The molecule has 1 nitrogen and oxygen atoms in total. The summed E-state index contributed by atoms with van der Waals surface area (Å²) in [5, 5.41) is 0. The Kier molecular flexibility index (Phi) is 6.21. The zero-order valence-corrected chi connectivity index (χ0v) is 32.1. The van der Waals surface area contributed by atoms with Crippen LogP contribution in [0.1, 0.15) is 99.6 Å². The summed E-state index contributed by atoms with van der Waals surface area (Å²) in [5.41, 5.74) is 21.1. The SMILES string of the molecule is CC1(C)c2ccccc2-c2ccc(N(c3ccc4c(c3)C(C)(C)c3ccccc3-4)c3ccc4c(c3)C3(CC5CCC6CC5CC3C6)c3ccccc3-4)cc21. The van der Waals surface area contributed by atoms with Gasteiger partial charge in [-0.25, -0.2) is 0 Å². The van der Waals surface area contributed by atoms with E-state index in [9.17, 15) is 0 Å². The Hall–Kier alpha value is -4.88. The molecule has 0 aromatic heterocycles. The van der Waals surface area contributed by atoms with Gasteiger partial charge in [-0.3, -0.25) is 0 Å². The highest BCUT2D eigenvalue weighted by molar-refractivity contribution is 5.90. The topological polar surface area (TPSA) is 3.24 Å². The molecule has 1 heteroatoms. The molecular weight excluding hydrogens is 651 g/mol. The van der Waals surface area contributed by atoms with Crippen LogP contribution in [0.4, 0.5) is 17.1 Å². The number of hydrogen-bond acceptors (Lipinski definition) is 1. The minimum Gasteiger partial charge on any atom is -0.310 e. The van der Waals surface area contributed by atoms with Crippen molar-refractivity contribution in [3.05, 3.63) is 161 Å². The third-order valence-electron chi connectivity index (χ3n) is 15.8. The molecule has 6 aliphatic rings. The van der Waals surface area contributed by atoms with Crippen molar-refractivity contribution in [2.45, 2.75) is 82.5 Å². The summed E-state index contributed by atoms with van der Waals surface area (Å²) >= 11 is 0. The first-order valence-corrected chi connectivity index (χ1v) is 20.8. The van der Waals surface area contributed by atoms with Gasteiger partial charge in [-0.2, -0.15) is 0 Å². The summed E-state index contributed by atoms with van der Waals surface area (Å²) in [6.45, 7) is 9.63. The molecule has 3 bridgehead atoms. The molecule has 3 saturated carbocycles. The van der Waals surface area contributed by atoms with E-state index in [1.807, 2.05) is 0 Å². The molecule has 266 valence electrons. The predicted molar refractivity (Wildman–Crippen MR) is 224 cm³/mol. The molecule has 0 saturated heterocycles. The lowest BCUT2D eigenvalue weighted by Crippen LogP contribution is -2.50. The van der Waals surface area contributed by atoms with Crippen molar-refractivity contribution in [3.8, 4) is 33.4 Å². The number of hydrogen-bond donors (Lipinski definition) is 0. The molecule has 6 aromatic carbocycles. The molecular formula is C53H49N. The molecule has 0 N–H and O–H groups in total. The lowest BCUT2D eigenvalue weighted by atomic mass is 9.47. The quantitative estimate of drug-likeness (QED) is 0.178. The van der Waals surface area contributed by atoms with Crippen molar-refractivity contribution in [1.82, 2.24) is 0 Å². The number of benzene rings is 6. The van der Waals surface area contributed by atoms with Gasteiger partial charge in [0.2, 0.25) is 0 Å². The van der Waals surface area contributed by atoms with Crippen molar-refractivity contribution >= 4 is 17.1 Å². The molecule has 1 spiro atoms. The van der Waals surface area contributed by atoms with Crippen molar-refractivity contribution in [3.63, 3.8) is 0 Å². The van der Waals surface area contributed by atoms with Gasteiger partial charge in [-0.15, -0.1) is 0 Å². The highest BCUT2D eigenvalue weighted by Crippen LogP contribution is 2.67. The molecule has 6 aromatic rings. The van der Waals surface area contributed by atoms with Crippen molar-refractivity contribution in [1.29, 1.82) is 0 Å². The van der Waals surface area contributed by atoms with Crippen LogP contribution in [0.25, 0.3) is 33.4 Å². The minimum atomic E-state index is -0.0717. The second-order valence-corrected chi connectivity index (χ2v) is 19.0. The Morgan fingerprint density at radius 2 is 0.889 bits per heavy atom. The molecule has 3 fully saturated rings. The van der Waals surface area contributed by atoms with Crippen LogP contribution < -0.4 is 4.90 Å². The lowest BCUT2D eigenvalue weighted by molar-refractivity contribution is -0.0103. The Labute approximate surface area is 321 Å². The van der Waals surface area contributed by atoms with Gasteiger partial charge in [0, 0.05) is 33.3 Å². The minimum absolute atomic E-state index is 0.0717. The van der Waals surface area contributed by atoms with Gasteiger partial charge in [0.25, 0.3) is 0 Å². The van der Waals surface area contributed by atoms with E-state index in [1.165, 1.54) is 111 Å². The van der Waals surface area contributed by atoms with E-state index in [0.29, 0.717) is 0 Å². The van der Waals surface area contributed by atoms with E-state index in [1.54, 1.807) is 11.1 Å². The summed E-state index contributed by atoms with van der Waals surface area (Å²) in [5.74, 6) is 3.41. The van der Waals surface area contributed by atoms with E-state index in [2.05, 4.69) is 160 Å². The molecule has 5 atom stereocenters. The third kappa shape index (κ3) is 3.96. The largest absolute Gasteiger partial charge is 0.310 e. The summed E-state index contributed by atoms with van der Waals surface area (Å²) in [4.78, 5) is 2.61. The maximum absolute atomic E-state index is 2.66. The molecule has 54 heavy (non-hydrogen) atoms. The predicted octanol–water partition coefficient (Wildman–Crippen LogP) is 13.9. The molecule has 6 aliphatic carbocycles. The van der Waals surface area contributed by atoms with Gasteiger partial charge < -0.3 is 4.90 Å². The van der Waals surface area contributed by atoms with Crippen LogP contribution in [-0.2, 0) is 16.2 Å². The van der Waals surface area contributed by atoms with Crippen molar-refractivity contribution in [2.75, 3.05) is 4.90 Å². The van der Waals surface area contributed by atoms with E-state index in [0.717, 1.165) is 23.7 Å². The third-order valence-corrected chi connectivity index (χ3v) is 15.8. The van der Waals surface area contributed by atoms with E-state index < -0.39 is 0 Å². The zero-order chi connectivity index (χ0) is 36.1. The monoisotopic (exact) mass is 699 g/mol. The standard InChI is InChI=1S/C53H49N/c1-51(2)45-14-8-5-11-39(45)42-22-19-36(28-48(42)51)54(37-20-23-43-40-12-6-9-15-46(40)52(3,4)49(43)29-37)38-21-24-44-41-13-7-10-16-47(41)53(50(44)30-38)31-33-18-17-32-25-34(33)27-35(53)26-32/h5-16,19-24,28-30,32-35H,17-18,25-27,31H2,1-4H3. The zero-order valence-electron chi connectivity index (χ0n) is 32.1. The Morgan fingerprint density at radius 3 is 1.46 bits per heavy atom. The van der Waals surface area contributed by atoms with E-state index >= 15 is 0 Å². The van der Waals surface area contributed by atoms with Gasteiger partial charge in [0.1, 0.15) is 0 Å². The van der Waals surface area contributed by atoms with Crippen molar-refractivity contribution in [2.24, 2.45) is 23.7 Å². The summed E-state index contributed by atoms with van der Waals surface area (Å²) in [6, 6.07) is 49.8. The normalized spacial score (nSPS) is 26.4. The van der Waals surface area contributed by atoms with Crippen LogP contribution in [0.2, 0.25) is 0 Å².